The molecule has 0 bridgehead atoms. The van der Waals surface area contributed by atoms with Crippen LogP contribution >= 0.6 is 0 Å². The van der Waals surface area contributed by atoms with Crippen LogP contribution in [0, 0.1) is 5.41 Å². The van der Waals surface area contributed by atoms with Crippen LogP contribution in [0.3, 0.4) is 0 Å². The minimum absolute atomic E-state index is 0.0737. The molecule has 23 heavy (non-hydrogen) atoms. The summed E-state index contributed by atoms with van der Waals surface area (Å²) in [5, 5.41) is 12.6. The van der Waals surface area contributed by atoms with Crippen LogP contribution in [0.2, 0.25) is 0 Å². The summed E-state index contributed by atoms with van der Waals surface area (Å²) in [6.45, 7) is 2.38. The highest BCUT2D eigenvalue weighted by Crippen LogP contribution is 2.39. The largest absolute Gasteiger partial charge is 0.508 e. The van der Waals surface area contributed by atoms with Crippen molar-refractivity contribution in [2.45, 2.75) is 19.8 Å². The fraction of sp³-hybridized carbons (Fsp3) is 0.263. The van der Waals surface area contributed by atoms with Crippen molar-refractivity contribution < 1.29 is 14.7 Å². The number of Topliss-reactive ketones (excluding diaryl/α,β-unsaturated/α-hetero) is 2. The van der Waals surface area contributed by atoms with Crippen LogP contribution in [0.25, 0.3) is 0 Å². The van der Waals surface area contributed by atoms with E-state index in [9.17, 15) is 14.7 Å². The van der Waals surface area contributed by atoms with E-state index in [1.807, 2.05) is 6.07 Å². The topological polar surface area (TPSA) is 66.4 Å². The molecule has 2 aromatic carbocycles. The van der Waals surface area contributed by atoms with Gasteiger partial charge in [0.25, 0.3) is 0 Å². The molecule has 1 aliphatic carbocycles. The van der Waals surface area contributed by atoms with Gasteiger partial charge in [-0.3, -0.25) is 9.59 Å². The van der Waals surface area contributed by atoms with Gasteiger partial charge in [0.1, 0.15) is 5.75 Å². The van der Waals surface area contributed by atoms with E-state index in [-0.39, 0.29) is 17.3 Å². The Hall–Kier alpha value is -2.62. The first kappa shape index (κ1) is 15.3. The zero-order valence-electron chi connectivity index (χ0n) is 13.0. The second-order valence-corrected chi connectivity index (χ2v) is 6.12. The number of phenols is 1. The summed E-state index contributed by atoms with van der Waals surface area (Å²) in [4.78, 5) is 25.1. The molecule has 4 heteroatoms. The third-order valence-corrected chi connectivity index (χ3v) is 4.45. The molecule has 1 aliphatic rings. The summed E-state index contributed by atoms with van der Waals surface area (Å²) in [6, 6.07) is 13.9. The molecule has 0 aliphatic heterocycles. The Morgan fingerprint density at radius 1 is 1.00 bits per heavy atom. The Morgan fingerprint density at radius 2 is 1.65 bits per heavy atom. The first-order valence-corrected chi connectivity index (χ1v) is 7.74. The van der Waals surface area contributed by atoms with Crippen molar-refractivity contribution in [3.8, 4) is 5.75 Å². The number of hydrogen-bond acceptors (Lipinski definition) is 4. The third-order valence-electron chi connectivity index (χ3n) is 4.45. The standard InChI is InChI=1S/C19H19NO3/c1-19(10-5-11-20-13-6-4-7-14(21)12-13)17(22)15-8-2-3-9-16(15)18(19)23/h2-4,6-9,12,20-21H,5,10-11H2,1H3. The van der Waals surface area contributed by atoms with Gasteiger partial charge in [-0.2, -0.15) is 0 Å². The zero-order chi connectivity index (χ0) is 16.4. The van der Waals surface area contributed by atoms with Gasteiger partial charge in [-0.25, -0.2) is 0 Å². The quantitative estimate of drug-likeness (QED) is 0.653. The van der Waals surface area contributed by atoms with Gasteiger partial charge in [-0.1, -0.05) is 30.3 Å². The van der Waals surface area contributed by atoms with Crippen LogP contribution in [-0.4, -0.2) is 23.2 Å². The lowest BCUT2D eigenvalue weighted by Crippen LogP contribution is -2.30. The highest BCUT2D eigenvalue weighted by atomic mass is 16.3. The van der Waals surface area contributed by atoms with Crippen molar-refractivity contribution in [3.05, 3.63) is 59.7 Å². The lowest BCUT2D eigenvalue weighted by molar-refractivity contribution is 0.0707. The van der Waals surface area contributed by atoms with Gasteiger partial charge < -0.3 is 10.4 Å². The summed E-state index contributed by atoms with van der Waals surface area (Å²) >= 11 is 0. The average molecular weight is 309 g/mol. The molecule has 3 rings (SSSR count). The second-order valence-electron chi connectivity index (χ2n) is 6.12. The first-order valence-electron chi connectivity index (χ1n) is 7.74. The van der Waals surface area contributed by atoms with Crippen molar-refractivity contribution >= 4 is 17.3 Å². The summed E-state index contributed by atoms with van der Waals surface area (Å²) in [5.74, 6) is 0.0597. The molecule has 2 aromatic rings. The molecule has 0 saturated carbocycles. The lowest BCUT2D eigenvalue weighted by atomic mass is 9.80. The molecular weight excluding hydrogens is 290 g/mol. The number of benzene rings is 2. The fourth-order valence-electron chi connectivity index (χ4n) is 3.09. The molecule has 0 unspecified atom stereocenters. The fourth-order valence-corrected chi connectivity index (χ4v) is 3.09. The number of carbonyl (C=O) groups is 2. The molecule has 0 heterocycles. The number of nitrogens with one attached hydrogen (secondary N) is 1. The van der Waals surface area contributed by atoms with Gasteiger partial charge in [0.05, 0.1) is 5.41 Å². The predicted molar refractivity (Wildman–Crippen MR) is 89.0 cm³/mol. The van der Waals surface area contributed by atoms with E-state index in [1.54, 1.807) is 49.4 Å². The molecule has 0 fully saturated rings. The highest BCUT2D eigenvalue weighted by Gasteiger charge is 2.48. The normalized spacial score (nSPS) is 15.5. The highest BCUT2D eigenvalue weighted by molar-refractivity contribution is 6.29. The maximum Gasteiger partial charge on any atom is 0.177 e. The van der Waals surface area contributed by atoms with Crippen LogP contribution in [0.4, 0.5) is 5.69 Å². The zero-order valence-corrected chi connectivity index (χ0v) is 13.0. The Bertz CT molecular complexity index is 732. The molecule has 0 saturated heterocycles. The summed E-state index contributed by atoms with van der Waals surface area (Å²) in [6.07, 6.45) is 1.20. The van der Waals surface area contributed by atoms with E-state index in [4.69, 9.17) is 0 Å². The van der Waals surface area contributed by atoms with Crippen molar-refractivity contribution in [3.63, 3.8) is 0 Å². The first-order chi connectivity index (χ1) is 11.0. The molecule has 118 valence electrons. The number of fused-ring (bicyclic) bond motifs is 1. The number of hydrogen-bond donors (Lipinski definition) is 2. The van der Waals surface area contributed by atoms with Gasteiger partial charge in [0, 0.05) is 29.4 Å². The van der Waals surface area contributed by atoms with Crippen LogP contribution in [-0.2, 0) is 0 Å². The van der Waals surface area contributed by atoms with Crippen LogP contribution in [0.15, 0.2) is 48.5 Å². The van der Waals surface area contributed by atoms with Gasteiger partial charge in [0.2, 0.25) is 0 Å². The minimum Gasteiger partial charge on any atom is -0.508 e. The SMILES string of the molecule is CC1(CCCNc2cccc(O)c2)C(=O)c2ccccc2C1=O. The van der Waals surface area contributed by atoms with Crippen molar-refractivity contribution in [1.82, 2.24) is 0 Å². The van der Waals surface area contributed by atoms with E-state index in [0.717, 1.165) is 5.69 Å². The van der Waals surface area contributed by atoms with E-state index in [0.29, 0.717) is 30.5 Å². The van der Waals surface area contributed by atoms with Gasteiger partial charge in [0.15, 0.2) is 11.6 Å². The van der Waals surface area contributed by atoms with Crippen molar-refractivity contribution in [2.75, 3.05) is 11.9 Å². The number of ketones is 2. The smallest absolute Gasteiger partial charge is 0.177 e. The number of aromatic hydroxyl groups is 1. The van der Waals surface area contributed by atoms with E-state index in [2.05, 4.69) is 5.32 Å². The van der Waals surface area contributed by atoms with Crippen LogP contribution in [0.1, 0.15) is 40.5 Å². The minimum atomic E-state index is -0.954. The van der Waals surface area contributed by atoms with Crippen molar-refractivity contribution in [2.24, 2.45) is 5.41 Å². The molecular formula is C19H19NO3. The summed E-state index contributed by atoms with van der Waals surface area (Å²) < 4.78 is 0. The maximum atomic E-state index is 12.6. The summed E-state index contributed by atoms with van der Waals surface area (Å²) in [5.41, 5.74) is 0.953. The van der Waals surface area contributed by atoms with Crippen LogP contribution < -0.4 is 5.32 Å². The number of phenolic OH excluding ortho intramolecular Hbond substituents is 1. The molecule has 4 nitrogen and oxygen atoms in total. The second kappa shape index (κ2) is 5.88. The third kappa shape index (κ3) is 2.72. The van der Waals surface area contributed by atoms with Crippen molar-refractivity contribution in [1.29, 1.82) is 0 Å². The molecule has 0 spiro atoms. The Morgan fingerprint density at radius 3 is 2.26 bits per heavy atom. The number of rotatable bonds is 5. The Kier molecular flexibility index (Phi) is 3.90. The Labute approximate surface area is 135 Å². The molecule has 0 amide bonds. The lowest BCUT2D eigenvalue weighted by Gasteiger charge is -2.20. The Balaban J connectivity index is 1.62. The number of anilines is 1. The van der Waals surface area contributed by atoms with Gasteiger partial charge in [-0.05, 0) is 31.9 Å². The number of carbonyl (C=O) groups excluding carboxylic acids is 2. The van der Waals surface area contributed by atoms with Gasteiger partial charge >= 0.3 is 0 Å². The molecule has 0 aromatic heterocycles. The summed E-state index contributed by atoms with van der Waals surface area (Å²) in [7, 11) is 0. The van der Waals surface area contributed by atoms with E-state index >= 15 is 0 Å². The van der Waals surface area contributed by atoms with Gasteiger partial charge in [-0.15, -0.1) is 0 Å². The van der Waals surface area contributed by atoms with E-state index < -0.39 is 5.41 Å². The predicted octanol–water partition coefficient (Wildman–Crippen LogP) is 3.67. The maximum absolute atomic E-state index is 12.6. The van der Waals surface area contributed by atoms with Crippen LogP contribution in [0.5, 0.6) is 5.75 Å². The average Bonchev–Trinajstić information content (AvgIpc) is 2.75. The molecule has 2 N–H and O–H groups in total. The van der Waals surface area contributed by atoms with E-state index in [1.165, 1.54) is 0 Å². The monoisotopic (exact) mass is 309 g/mol. The molecule has 0 radical (unpaired) electrons. The molecule has 0 atom stereocenters.